The number of sulfone groups is 1. The average Bonchev–Trinajstić information content (AvgIpc) is 2.34. The molecular weight excluding hydrogens is 294 g/mol. The van der Waals surface area contributed by atoms with E-state index in [-0.39, 0.29) is 27.5 Å². The number of hydrogen-bond donors (Lipinski definition) is 1. The molecule has 0 spiro atoms. The molecule has 0 aromatic heterocycles. The van der Waals surface area contributed by atoms with Gasteiger partial charge < -0.3 is 9.94 Å². The van der Waals surface area contributed by atoms with E-state index in [1.54, 1.807) is 0 Å². The van der Waals surface area contributed by atoms with Crippen LogP contribution < -0.4 is 0 Å². The molecule has 104 valence electrons. The highest BCUT2D eigenvalue weighted by Gasteiger charge is 2.21. The maximum absolute atomic E-state index is 11.6. The summed E-state index contributed by atoms with van der Waals surface area (Å²) in [6.45, 7) is 0. The minimum Gasteiger partial charge on any atom is -0.465 e. The number of halogens is 1. The standard InChI is InChI=1S/C11H12ClNO5S/c1-18-11(14)8-3-4-9(19(2,16)17)7(10(8)12)5-6-13-15/h3-4,6,15H,5H2,1-2H3. The lowest BCUT2D eigenvalue weighted by Gasteiger charge is -2.11. The van der Waals surface area contributed by atoms with Crippen molar-refractivity contribution in [1.82, 2.24) is 0 Å². The van der Waals surface area contributed by atoms with Gasteiger partial charge in [0.05, 0.1) is 22.6 Å². The quantitative estimate of drug-likeness (QED) is 0.394. The highest BCUT2D eigenvalue weighted by Crippen LogP contribution is 2.28. The fourth-order valence-corrected chi connectivity index (χ4v) is 2.86. The molecule has 0 aliphatic rings. The molecule has 0 atom stereocenters. The summed E-state index contributed by atoms with van der Waals surface area (Å²) in [5.74, 6) is -0.674. The summed E-state index contributed by atoms with van der Waals surface area (Å²) >= 11 is 6.02. The number of nitrogens with zero attached hydrogens (tertiary/aromatic N) is 1. The molecule has 0 unspecified atom stereocenters. The van der Waals surface area contributed by atoms with E-state index in [1.165, 1.54) is 19.2 Å². The molecule has 19 heavy (non-hydrogen) atoms. The molecular formula is C11H12ClNO5S. The van der Waals surface area contributed by atoms with Crippen LogP contribution in [0, 0.1) is 0 Å². The van der Waals surface area contributed by atoms with Gasteiger partial charge in [0.2, 0.25) is 0 Å². The first-order chi connectivity index (χ1) is 8.82. The molecule has 0 fully saturated rings. The Morgan fingerprint density at radius 2 is 2.16 bits per heavy atom. The number of benzene rings is 1. The van der Waals surface area contributed by atoms with Gasteiger partial charge in [0.1, 0.15) is 0 Å². The topological polar surface area (TPSA) is 93.0 Å². The molecule has 0 radical (unpaired) electrons. The Bertz CT molecular complexity index is 624. The lowest BCUT2D eigenvalue weighted by molar-refractivity contribution is 0.0600. The van der Waals surface area contributed by atoms with Gasteiger partial charge in [-0.15, -0.1) is 5.16 Å². The summed E-state index contributed by atoms with van der Waals surface area (Å²) in [6, 6.07) is 2.55. The smallest absolute Gasteiger partial charge is 0.339 e. The Morgan fingerprint density at radius 1 is 1.53 bits per heavy atom. The Hall–Kier alpha value is -1.60. The summed E-state index contributed by atoms with van der Waals surface area (Å²) < 4.78 is 27.8. The number of rotatable bonds is 4. The van der Waals surface area contributed by atoms with Crippen LogP contribution in [0.3, 0.4) is 0 Å². The molecule has 1 rings (SSSR count). The lowest BCUT2D eigenvalue weighted by atomic mass is 10.1. The van der Waals surface area contributed by atoms with Crippen LogP contribution in [0.5, 0.6) is 0 Å². The fourth-order valence-electron chi connectivity index (χ4n) is 1.54. The zero-order valence-electron chi connectivity index (χ0n) is 10.3. The number of hydrogen-bond acceptors (Lipinski definition) is 6. The second kappa shape index (κ2) is 6.03. The van der Waals surface area contributed by atoms with Crippen molar-refractivity contribution in [2.24, 2.45) is 5.16 Å². The average molecular weight is 306 g/mol. The van der Waals surface area contributed by atoms with E-state index in [2.05, 4.69) is 9.89 Å². The van der Waals surface area contributed by atoms with Crippen LogP contribution in [0.2, 0.25) is 5.02 Å². The molecule has 0 aliphatic heterocycles. The molecule has 1 aromatic rings. The zero-order chi connectivity index (χ0) is 14.6. The van der Waals surface area contributed by atoms with Crippen LogP contribution in [0.1, 0.15) is 15.9 Å². The summed E-state index contributed by atoms with van der Waals surface area (Å²) in [5.41, 5.74) is 0.239. The number of methoxy groups -OCH3 is 1. The van der Waals surface area contributed by atoms with Crippen LogP contribution in [-0.4, -0.2) is 39.2 Å². The molecule has 6 nitrogen and oxygen atoms in total. The van der Waals surface area contributed by atoms with Crippen molar-refractivity contribution in [2.75, 3.05) is 13.4 Å². The minimum atomic E-state index is -3.52. The van der Waals surface area contributed by atoms with Crippen LogP contribution in [0.15, 0.2) is 22.2 Å². The largest absolute Gasteiger partial charge is 0.465 e. The molecule has 0 aliphatic carbocycles. The lowest BCUT2D eigenvalue weighted by Crippen LogP contribution is -2.09. The number of esters is 1. The molecule has 0 amide bonds. The summed E-state index contributed by atoms with van der Waals surface area (Å²) in [7, 11) is -2.32. The first kappa shape index (κ1) is 15.5. The molecule has 0 saturated heterocycles. The van der Waals surface area contributed by atoms with Crippen molar-refractivity contribution in [2.45, 2.75) is 11.3 Å². The van der Waals surface area contributed by atoms with Crippen molar-refractivity contribution < 1.29 is 23.2 Å². The highest BCUT2D eigenvalue weighted by molar-refractivity contribution is 7.90. The van der Waals surface area contributed by atoms with Crippen LogP contribution in [0.25, 0.3) is 0 Å². The predicted octanol–water partition coefficient (Wildman–Crippen LogP) is 1.53. The van der Waals surface area contributed by atoms with E-state index in [4.69, 9.17) is 16.8 Å². The number of carbonyl (C=O) groups excluding carboxylic acids is 1. The second-order valence-electron chi connectivity index (χ2n) is 3.67. The van der Waals surface area contributed by atoms with Crippen molar-refractivity contribution in [3.8, 4) is 0 Å². The molecule has 1 N–H and O–H groups in total. The van der Waals surface area contributed by atoms with Gasteiger partial charge in [-0.3, -0.25) is 0 Å². The third-order valence-corrected chi connectivity index (χ3v) is 4.00. The molecule has 0 bridgehead atoms. The summed E-state index contributed by atoms with van der Waals surface area (Å²) in [6.07, 6.45) is 2.08. The Kier molecular flexibility index (Phi) is 4.90. The van der Waals surface area contributed by atoms with E-state index in [0.29, 0.717) is 0 Å². The van der Waals surface area contributed by atoms with E-state index in [9.17, 15) is 13.2 Å². The van der Waals surface area contributed by atoms with Gasteiger partial charge in [-0.2, -0.15) is 0 Å². The van der Waals surface area contributed by atoms with Crippen molar-refractivity contribution in [1.29, 1.82) is 0 Å². The Morgan fingerprint density at radius 3 is 2.63 bits per heavy atom. The second-order valence-corrected chi connectivity index (χ2v) is 6.03. The number of carbonyl (C=O) groups is 1. The van der Waals surface area contributed by atoms with E-state index in [0.717, 1.165) is 12.5 Å². The van der Waals surface area contributed by atoms with Crippen molar-refractivity contribution in [3.05, 3.63) is 28.3 Å². The van der Waals surface area contributed by atoms with Gasteiger partial charge in [0.15, 0.2) is 9.84 Å². The third kappa shape index (κ3) is 3.45. The Labute approximate surface area is 115 Å². The SMILES string of the molecule is COC(=O)c1ccc(S(C)(=O)=O)c(CC=NO)c1Cl. The molecule has 0 saturated carbocycles. The molecule has 8 heteroatoms. The maximum atomic E-state index is 11.6. The van der Waals surface area contributed by atoms with Gasteiger partial charge in [-0.05, 0) is 17.7 Å². The first-order valence-electron chi connectivity index (χ1n) is 5.08. The number of ether oxygens (including phenoxy) is 1. The summed E-state index contributed by atoms with van der Waals surface area (Å²) in [5, 5.41) is 11.2. The highest BCUT2D eigenvalue weighted by atomic mass is 35.5. The number of oxime groups is 1. The van der Waals surface area contributed by atoms with Gasteiger partial charge >= 0.3 is 5.97 Å². The normalized spacial score (nSPS) is 11.7. The van der Waals surface area contributed by atoms with E-state index >= 15 is 0 Å². The Balaban J connectivity index is 3.53. The third-order valence-electron chi connectivity index (χ3n) is 2.38. The van der Waals surface area contributed by atoms with Gasteiger partial charge in [-0.25, -0.2) is 13.2 Å². The predicted molar refractivity (Wildman–Crippen MR) is 69.9 cm³/mol. The molecule has 1 aromatic carbocycles. The first-order valence-corrected chi connectivity index (χ1v) is 7.35. The van der Waals surface area contributed by atoms with Gasteiger partial charge in [0, 0.05) is 18.9 Å². The minimum absolute atomic E-state index is 0.0231. The van der Waals surface area contributed by atoms with Crippen molar-refractivity contribution >= 4 is 33.6 Å². The van der Waals surface area contributed by atoms with E-state index < -0.39 is 15.8 Å². The zero-order valence-corrected chi connectivity index (χ0v) is 11.8. The van der Waals surface area contributed by atoms with Gasteiger partial charge in [0.25, 0.3) is 0 Å². The van der Waals surface area contributed by atoms with Crippen LogP contribution >= 0.6 is 11.6 Å². The summed E-state index contributed by atoms with van der Waals surface area (Å²) in [4.78, 5) is 11.5. The maximum Gasteiger partial charge on any atom is 0.339 e. The van der Waals surface area contributed by atoms with Crippen LogP contribution in [0.4, 0.5) is 0 Å². The van der Waals surface area contributed by atoms with Crippen molar-refractivity contribution in [3.63, 3.8) is 0 Å². The van der Waals surface area contributed by atoms with E-state index in [1.807, 2.05) is 0 Å². The monoisotopic (exact) mass is 305 g/mol. The fraction of sp³-hybridized carbons (Fsp3) is 0.273. The molecule has 0 heterocycles. The van der Waals surface area contributed by atoms with Gasteiger partial charge in [-0.1, -0.05) is 11.6 Å². The van der Waals surface area contributed by atoms with Crippen LogP contribution in [-0.2, 0) is 21.0 Å².